The third-order valence-corrected chi connectivity index (χ3v) is 4.85. The second kappa shape index (κ2) is 12.8. The number of aliphatic imine (C=N–C) groups is 1. The molecule has 0 spiro atoms. The molecule has 2 rings (SSSR count). The number of nitro groups is 1. The second-order valence-electron chi connectivity index (χ2n) is 7.08. The lowest BCUT2D eigenvalue weighted by Gasteiger charge is -2.34. The summed E-state index contributed by atoms with van der Waals surface area (Å²) in [7, 11) is 0. The first-order valence-electron chi connectivity index (χ1n) is 10.6. The Morgan fingerprint density at radius 3 is 2.73 bits per heavy atom. The van der Waals surface area contributed by atoms with Crippen molar-refractivity contribution >= 4 is 17.6 Å². The lowest BCUT2D eigenvalue weighted by atomic mass is 9.98. The maximum absolute atomic E-state index is 12.2. The van der Waals surface area contributed by atoms with Gasteiger partial charge in [-0.2, -0.15) is 0 Å². The van der Waals surface area contributed by atoms with Crippen molar-refractivity contribution < 1.29 is 19.2 Å². The van der Waals surface area contributed by atoms with Gasteiger partial charge in [-0.1, -0.05) is 12.1 Å². The van der Waals surface area contributed by atoms with Crippen molar-refractivity contribution in [3.63, 3.8) is 0 Å². The van der Waals surface area contributed by atoms with E-state index in [0.717, 1.165) is 37.3 Å². The number of benzene rings is 1. The fraction of sp³-hybridized carbons (Fsp3) is 0.619. The molecule has 1 aromatic carbocycles. The van der Waals surface area contributed by atoms with Gasteiger partial charge in [0.1, 0.15) is 0 Å². The van der Waals surface area contributed by atoms with Gasteiger partial charge in [-0.3, -0.25) is 14.9 Å². The van der Waals surface area contributed by atoms with Crippen LogP contribution in [-0.2, 0) is 20.8 Å². The fourth-order valence-electron chi connectivity index (χ4n) is 3.30. The summed E-state index contributed by atoms with van der Waals surface area (Å²) in [5, 5.41) is 14.2. The molecule has 9 heteroatoms. The lowest BCUT2D eigenvalue weighted by molar-refractivity contribution is -0.384. The summed E-state index contributed by atoms with van der Waals surface area (Å²) in [6.45, 7) is 8.00. The topological polar surface area (TPSA) is 106 Å². The Balaban J connectivity index is 2.05. The van der Waals surface area contributed by atoms with Gasteiger partial charge in [-0.05, 0) is 38.7 Å². The summed E-state index contributed by atoms with van der Waals surface area (Å²) in [5.74, 6) is 0.417. The van der Waals surface area contributed by atoms with Gasteiger partial charge in [0, 0.05) is 45.0 Å². The lowest BCUT2D eigenvalue weighted by Crippen LogP contribution is -2.48. The molecule has 1 N–H and O–H groups in total. The highest BCUT2D eigenvalue weighted by Crippen LogP contribution is 2.19. The number of likely N-dealkylation sites (tertiary alicyclic amines) is 1. The van der Waals surface area contributed by atoms with Crippen LogP contribution in [0.3, 0.4) is 0 Å². The highest BCUT2D eigenvalue weighted by Gasteiger charge is 2.28. The molecule has 0 saturated carbocycles. The minimum atomic E-state index is -0.415. The van der Waals surface area contributed by atoms with Crippen molar-refractivity contribution in [1.29, 1.82) is 0 Å². The summed E-state index contributed by atoms with van der Waals surface area (Å²) in [6.07, 6.45) is 2.55. The monoisotopic (exact) mass is 420 g/mol. The van der Waals surface area contributed by atoms with Crippen molar-refractivity contribution in [3.05, 3.63) is 39.9 Å². The van der Waals surface area contributed by atoms with Crippen molar-refractivity contribution in [2.75, 3.05) is 39.5 Å². The van der Waals surface area contributed by atoms with Crippen LogP contribution in [0.25, 0.3) is 0 Å². The maximum atomic E-state index is 12.2. The van der Waals surface area contributed by atoms with E-state index in [-0.39, 0.29) is 17.6 Å². The van der Waals surface area contributed by atoms with Gasteiger partial charge in [-0.15, -0.1) is 0 Å². The van der Waals surface area contributed by atoms with E-state index in [4.69, 9.17) is 14.5 Å². The van der Waals surface area contributed by atoms with E-state index in [2.05, 4.69) is 10.2 Å². The zero-order valence-corrected chi connectivity index (χ0v) is 17.8. The largest absolute Gasteiger partial charge is 0.466 e. The predicted octanol–water partition coefficient (Wildman–Crippen LogP) is 2.74. The first-order valence-corrected chi connectivity index (χ1v) is 10.6. The molecule has 1 aliphatic heterocycles. The summed E-state index contributed by atoms with van der Waals surface area (Å²) >= 11 is 0. The van der Waals surface area contributed by atoms with Crippen LogP contribution in [0.15, 0.2) is 29.3 Å². The number of esters is 1. The van der Waals surface area contributed by atoms with Gasteiger partial charge < -0.3 is 19.7 Å². The van der Waals surface area contributed by atoms with Gasteiger partial charge in [0.15, 0.2) is 5.96 Å². The van der Waals surface area contributed by atoms with E-state index in [1.807, 2.05) is 13.8 Å². The highest BCUT2D eigenvalue weighted by atomic mass is 16.6. The number of piperidine rings is 1. The number of hydrogen-bond acceptors (Lipinski definition) is 6. The fourth-order valence-corrected chi connectivity index (χ4v) is 3.30. The summed E-state index contributed by atoms with van der Waals surface area (Å²) in [5.41, 5.74) is 0.943. The molecule has 1 saturated heterocycles. The van der Waals surface area contributed by atoms with Crippen LogP contribution in [0.2, 0.25) is 0 Å². The average molecular weight is 421 g/mol. The molecule has 1 atom stereocenters. The molecule has 1 aliphatic rings. The summed E-state index contributed by atoms with van der Waals surface area (Å²) in [4.78, 5) is 29.4. The van der Waals surface area contributed by atoms with Gasteiger partial charge in [-0.25, -0.2) is 4.99 Å². The number of carbonyl (C=O) groups is 1. The molecule has 1 aromatic rings. The Morgan fingerprint density at radius 2 is 2.07 bits per heavy atom. The maximum Gasteiger partial charge on any atom is 0.310 e. The molecule has 166 valence electrons. The molecule has 0 amide bonds. The SMILES string of the molecule is CCOCCCNC(=NCc1ccc([N+](=O)[O-])cc1)N1CCCC(C(=O)OCC)C1. The molecule has 30 heavy (non-hydrogen) atoms. The van der Waals surface area contributed by atoms with Crippen LogP contribution in [0, 0.1) is 16.0 Å². The van der Waals surface area contributed by atoms with Crippen LogP contribution < -0.4 is 5.32 Å². The molecule has 0 bridgehead atoms. The van der Waals surface area contributed by atoms with Crippen LogP contribution in [-0.4, -0.2) is 61.2 Å². The highest BCUT2D eigenvalue weighted by molar-refractivity contribution is 5.81. The second-order valence-corrected chi connectivity index (χ2v) is 7.08. The Bertz CT molecular complexity index is 708. The van der Waals surface area contributed by atoms with E-state index >= 15 is 0 Å². The molecule has 0 aromatic heterocycles. The number of nitrogens with zero attached hydrogens (tertiary/aromatic N) is 3. The number of non-ortho nitro benzene ring substituents is 1. The number of rotatable bonds is 10. The smallest absolute Gasteiger partial charge is 0.310 e. The van der Waals surface area contributed by atoms with Crippen molar-refractivity contribution in [2.24, 2.45) is 10.9 Å². The van der Waals surface area contributed by atoms with Crippen LogP contribution in [0.1, 0.15) is 38.7 Å². The standard InChI is InChI=1S/C21H32N4O5/c1-3-29-14-6-12-22-21(23-15-17-8-10-19(11-9-17)25(27)28)24-13-5-7-18(16-24)20(26)30-4-2/h8-11,18H,3-7,12-16H2,1-2H3,(H,22,23). The Hall–Kier alpha value is -2.68. The molecule has 9 nitrogen and oxygen atoms in total. The van der Waals surface area contributed by atoms with E-state index in [1.165, 1.54) is 12.1 Å². The first kappa shape index (κ1) is 23.6. The van der Waals surface area contributed by atoms with E-state index in [0.29, 0.717) is 39.5 Å². The normalized spacial score (nSPS) is 16.9. The zero-order valence-electron chi connectivity index (χ0n) is 17.8. The van der Waals surface area contributed by atoms with Gasteiger partial charge in [0.05, 0.1) is 24.0 Å². The Labute approximate surface area is 177 Å². The van der Waals surface area contributed by atoms with Crippen LogP contribution >= 0.6 is 0 Å². The van der Waals surface area contributed by atoms with Crippen molar-refractivity contribution in [2.45, 2.75) is 39.7 Å². The number of hydrogen-bond donors (Lipinski definition) is 1. The van der Waals surface area contributed by atoms with E-state index < -0.39 is 4.92 Å². The quantitative estimate of drug-likeness (QED) is 0.155. The van der Waals surface area contributed by atoms with Gasteiger partial charge in [0.2, 0.25) is 0 Å². The first-order chi connectivity index (χ1) is 14.5. The third kappa shape index (κ3) is 7.62. The number of nitrogens with one attached hydrogen (secondary N) is 1. The minimum absolute atomic E-state index is 0.0605. The molecule has 1 heterocycles. The molecule has 1 unspecified atom stereocenters. The van der Waals surface area contributed by atoms with Crippen molar-refractivity contribution in [3.8, 4) is 0 Å². The minimum Gasteiger partial charge on any atom is -0.466 e. The molecular formula is C21H32N4O5. The number of guanidine groups is 1. The van der Waals surface area contributed by atoms with Crippen LogP contribution in [0.5, 0.6) is 0 Å². The number of nitro benzene ring substituents is 1. The summed E-state index contributed by atoms with van der Waals surface area (Å²) in [6, 6.07) is 6.40. The Morgan fingerprint density at radius 1 is 1.30 bits per heavy atom. The Kier molecular flexibility index (Phi) is 10.1. The average Bonchev–Trinajstić information content (AvgIpc) is 2.76. The number of ether oxygens (including phenoxy) is 2. The van der Waals surface area contributed by atoms with Gasteiger partial charge in [0.25, 0.3) is 5.69 Å². The molecule has 0 aliphatic carbocycles. The van der Waals surface area contributed by atoms with Gasteiger partial charge >= 0.3 is 5.97 Å². The zero-order chi connectivity index (χ0) is 21.8. The molecular weight excluding hydrogens is 388 g/mol. The van der Waals surface area contributed by atoms with E-state index in [1.54, 1.807) is 12.1 Å². The summed E-state index contributed by atoms with van der Waals surface area (Å²) < 4.78 is 10.6. The third-order valence-electron chi connectivity index (χ3n) is 4.85. The predicted molar refractivity (Wildman–Crippen MR) is 114 cm³/mol. The molecule has 0 radical (unpaired) electrons. The van der Waals surface area contributed by atoms with Crippen LogP contribution in [0.4, 0.5) is 5.69 Å². The van der Waals surface area contributed by atoms with Crippen molar-refractivity contribution in [1.82, 2.24) is 10.2 Å². The molecule has 1 fully saturated rings. The van der Waals surface area contributed by atoms with E-state index in [9.17, 15) is 14.9 Å². The number of carbonyl (C=O) groups excluding carboxylic acids is 1.